The summed E-state index contributed by atoms with van der Waals surface area (Å²) in [5.41, 5.74) is 15.8. The molecule has 0 bridgehead atoms. The summed E-state index contributed by atoms with van der Waals surface area (Å²) in [6.45, 7) is 0. The number of fused-ring (bicyclic) bond motifs is 7. The second kappa shape index (κ2) is 16.8. The fourth-order valence-electron chi connectivity index (χ4n) is 9.91. The average Bonchev–Trinajstić information content (AvgIpc) is 3.78. The number of hydrogen-bond donors (Lipinski definition) is 0. The van der Waals surface area contributed by atoms with Crippen molar-refractivity contribution in [1.29, 1.82) is 0 Å². The Balaban J connectivity index is 0.967. The average molecular weight is 880 g/mol. The molecule has 0 N–H and O–H groups in total. The summed E-state index contributed by atoms with van der Waals surface area (Å²) in [5, 5.41) is 5.81. The van der Waals surface area contributed by atoms with E-state index >= 15 is 0 Å². The molecule has 0 unspecified atom stereocenters. The molecule has 0 aliphatic rings. The van der Waals surface area contributed by atoms with E-state index < -0.39 is 0 Å². The summed E-state index contributed by atoms with van der Waals surface area (Å²) < 4.78 is 2.43. The first-order valence-electron chi connectivity index (χ1n) is 23.3. The van der Waals surface area contributed by atoms with Crippen LogP contribution in [-0.2, 0) is 0 Å². The lowest BCUT2D eigenvalue weighted by atomic mass is 9.94. The van der Waals surface area contributed by atoms with Gasteiger partial charge in [0.05, 0.1) is 22.2 Å². The molecule has 5 nitrogen and oxygen atoms in total. The van der Waals surface area contributed by atoms with Crippen LogP contribution in [0.4, 0.5) is 0 Å². The van der Waals surface area contributed by atoms with E-state index in [-0.39, 0.29) is 0 Å². The van der Waals surface area contributed by atoms with Crippen LogP contribution in [-0.4, -0.2) is 24.5 Å². The molecule has 0 spiro atoms. The Bertz CT molecular complexity index is 3900. The van der Waals surface area contributed by atoms with Crippen LogP contribution in [0.3, 0.4) is 0 Å². The van der Waals surface area contributed by atoms with Gasteiger partial charge in [0.25, 0.3) is 0 Å². The van der Waals surface area contributed by atoms with Gasteiger partial charge in [0.15, 0.2) is 17.5 Å². The molecule has 3 heterocycles. The molecule has 322 valence electrons. The van der Waals surface area contributed by atoms with Crippen LogP contribution >= 0.6 is 0 Å². The third kappa shape index (κ3) is 7.12. The van der Waals surface area contributed by atoms with Gasteiger partial charge in [0.2, 0.25) is 0 Å². The number of hydrogen-bond acceptors (Lipinski definition) is 4. The van der Waals surface area contributed by atoms with Crippen molar-refractivity contribution in [3.05, 3.63) is 249 Å². The first-order chi connectivity index (χ1) is 34.2. The molecule has 13 rings (SSSR count). The molecule has 0 atom stereocenters. The zero-order valence-corrected chi connectivity index (χ0v) is 37.4. The molecule has 0 radical (unpaired) electrons. The van der Waals surface area contributed by atoms with Gasteiger partial charge >= 0.3 is 0 Å². The summed E-state index contributed by atoms with van der Waals surface area (Å²) >= 11 is 0. The maximum atomic E-state index is 5.59. The minimum absolute atomic E-state index is 0.602. The number of benzene rings is 10. The summed E-state index contributed by atoms with van der Waals surface area (Å²) in [7, 11) is 0. The van der Waals surface area contributed by atoms with Crippen molar-refractivity contribution < 1.29 is 0 Å². The van der Waals surface area contributed by atoms with Gasteiger partial charge in [-0.05, 0) is 46.0 Å². The van der Waals surface area contributed by atoms with Crippen molar-refractivity contribution in [2.24, 2.45) is 0 Å². The van der Waals surface area contributed by atoms with Crippen molar-refractivity contribution in [1.82, 2.24) is 24.5 Å². The molecular weight excluding hydrogens is 839 g/mol. The van der Waals surface area contributed by atoms with Crippen LogP contribution in [0.5, 0.6) is 0 Å². The molecule has 3 aromatic heterocycles. The van der Waals surface area contributed by atoms with Crippen LogP contribution in [0.1, 0.15) is 0 Å². The highest BCUT2D eigenvalue weighted by Gasteiger charge is 2.21. The predicted molar refractivity (Wildman–Crippen MR) is 285 cm³/mol. The van der Waals surface area contributed by atoms with E-state index in [2.05, 4.69) is 241 Å². The maximum absolute atomic E-state index is 5.59. The van der Waals surface area contributed by atoms with E-state index in [1.165, 1.54) is 27.2 Å². The van der Waals surface area contributed by atoms with E-state index in [9.17, 15) is 0 Å². The molecule has 10 aromatic carbocycles. The Labute approximate surface area is 399 Å². The highest BCUT2D eigenvalue weighted by atomic mass is 15.0. The topological polar surface area (TPSA) is 56.5 Å². The molecule has 0 saturated heterocycles. The third-order valence-electron chi connectivity index (χ3n) is 13.3. The van der Waals surface area contributed by atoms with E-state index in [4.69, 9.17) is 19.9 Å². The monoisotopic (exact) mass is 879 g/mol. The van der Waals surface area contributed by atoms with E-state index in [0.717, 1.165) is 83.3 Å². The van der Waals surface area contributed by atoms with Gasteiger partial charge in [0, 0.05) is 60.4 Å². The Morgan fingerprint density at radius 3 is 1.23 bits per heavy atom. The van der Waals surface area contributed by atoms with Crippen LogP contribution in [0.15, 0.2) is 249 Å². The lowest BCUT2D eigenvalue weighted by Crippen LogP contribution is -2.00. The minimum Gasteiger partial charge on any atom is -0.309 e. The Kier molecular flexibility index (Phi) is 9.76. The smallest absolute Gasteiger partial charge is 0.164 e. The Morgan fingerprint density at radius 2 is 0.681 bits per heavy atom. The van der Waals surface area contributed by atoms with Crippen LogP contribution in [0, 0.1) is 0 Å². The summed E-state index contributed by atoms with van der Waals surface area (Å²) in [6, 6.07) is 87.5. The third-order valence-corrected chi connectivity index (χ3v) is 13.3. The molecule has 0 aliphatic carbocycles. The number of aromatic nitrogens is 5. The SMILES string of the molecule is c1ccc(-c2ccc(-c3nc(-c4ccc(-c5ccccc5)cc4)nc(-c4ccc(-c5cccc6c5nc(-c5ccccc5)c5ccc7c8ccccc8n(-c8ccccc8)c7c56)cc4)n3)cc2)cc1. The number of para-hydroxylation sites is 3. The predicted octanol–water partition coefficient (Wildman–Crippen LogP) is 16.3. The zero-order valence-electron chi connectivity index (χ0n) is 37.4. The van der Waals surface area contributed by atoms with Gasteiger partial charge in [-0.15, -0.1) is 0 Å². The van der Waals surface area contributed by atoms with Crippen LogP contribution in [0.25, 0.3) is 128 Å². The second-order valence-electron chi connectivity index (χ2n) is 17.4. The largest absolute Gasteiger partial charge is 0.309 e. The van der Waals surface area contributed by atoms with Gasteiger partial charge in [0.1, 0.15) is 0 Å². The fraction of sp³-hybridized carbons (Fsp3) is 0. The number of rotatable bonds is 8. The first-order valence-corrected chi connectivity index (χ1v) is 23.3. The lowest BCUT2D eigenvalue weighted by Gasteiger charge is -2.16. The Morgan fingerprint density at radius 1 is 0.261 bits per heavy atom. The molecule has 69 heavy (non-hydrogen) atoms. The van der Waals surface area contributed by atoms with Gasteiger partial charge in [-0.1, -0.05) is 231 Å². The van der Waals surface area contributed by atoms with E-state index in [0.29, 0.717) is 17.5 Å². The number of nitrogens with zero attached hydrogens (tertiary/aromatic N) is 5. The quantitative estimate of drug-likeness (QED) is 0.143. The van der Waals surface area contributed by atoms with Crippen molar-refractivity contribution in [3.8, 4) is 84.5 Å². The standard InChI is InChI=1S/C64H41N5/c1-5-16-42(17-6-1)44-28-34-48(35-29-44)62-66-63(49-36-30-45(31-37-49)43-18-7-2-8-19-43)68-64(67-62)50-38-32-46(33-39-50)52-25-15-26-55-58-56(59(65-60(52)55)47-20-9-3-10-21-47)41-40-54-53-24-13-14-27-57(53)69(61(54)58)51-22-11-4-12-23-51/h1-41H. The summed E-state index contributed by atoms with van der Waals surface area (Å²) in [5.74, 6) is 1.83. The lowest BCUT2D eigenvalue weighted by molar-refractivity contribution is 1.07. The van der Waals surface area contributed by atoms with Crippen LogP contribution < -0.4 is 0 Å². The van der Waals surface area contributed by atoms with Crippen LogP contribution in [0.2, 0.25) is 0 Å². The normalized spacial score (nSPS) is 11.5. The molecular formula is C64H41N5. The zero-order chi connectivity index (χ0) is 45.7. The minimum atomic E-state index is 0.602. The van der Waals surface area contributed by atoms with E-state index in [1.54, 1.807) is 0 Å². The van der Waals surface area contributed by atoms with Gasteiger partial charge in [-0.2, -0.15) is 0 Å². The van der Waals surface area contributed by atoms with Gasteiger partial charge in [-0.25, -0.2) is 19.9 Å². The summed E-state index contributed by atoms with van der Waals surface area (Å²) in [6.07, 6.45) is 0. The Hall–Kier alpha value is -9.32. The van der Waals surface area contributed by atoms with Crippen molar-refractivity contribution in [2.45, 2.75) is 0 Å². The van der Waals surface area contributed by atoms with Crippen molar-refractivity contribution >= 4 is 43.5 Å². The fourth-order valence-corrected chi connectivity index (χ4v) is 9.91. The molecule has 0 fully saturated rings. The first kappa shape index (κ1) is 40.0. The molecule has 0 amide bonds. The molecule has 5 heteroatoms. The van der Waals surface area contributed by atoms with Gasteiger partial charge < -0.3 is 4.57 Å². The highest BCUT2D eigenvalue weighted by Crippen LogP contribution is 2.44. The van der Waals surface area contributed by atoms with E-state index in [1.807, 2.05) is 12.1 Å². The second-order valence-corrected chi connectivity index (χ2v) is 17.4. The van der Waals surface area contributed by atoms with Crippen molar-refractivity contribution in [3.63, 3.8) is 0 Å². The molecule has 0 aliphatic heterocycles. The van der Waals surface area contributed by atoms with Crippen molar-refractivity contribution in [2.75, 3.05) is 0 Å². The maximum Gasteiger partial charge on any atom is 0.164 e. The van der Waals surface area contributed by atoms with Gasteiger partial charge in [-0.3, -0.25) is 0 Å². The molecule has 13 aromatic rings. The highest BCUT2D eigenvalue weighted by molar-refractivity contribution is 6.28. The summed E-state index contributed by atoms with van der Waals surface area (Å²) in [4.78, 5) is 21.0. The number of pyridine rings is 1. The molecule has 0 saturated carbocycles.